The van der Waals surface area contributed by atoms with E-state index in [1.165, 1.54) is 12.1 Å². The third-order valence-corrected chi connectivity index (χ3v) is 10.9. The highest BCUT2D eigenvalue weighted by Gasteiger charge is 2.35. The van der Waals surface area contributed by atoms with Gasteiger partial charge in [0, 0.05) is 24.0 Å². The monoisotopic (exact) mass is 671 g/mol. The van der Waals surface area contributed by atoms with Crippen LogP contribution in [0.4, 0.5) is 5.69 Å². The molecule has 0 bridgehead atoms. The van der Waals surface area contributed by atoms with E-state index < -0.39 is 28.5 Å². The van der Waals surface area contributed by atoms with E-state index in [4.69, 9.17) is 11.6 Å². The molecule has 2 amide bonds. The largest absolute Gasteiger partial charge is 0.352 e. The van der Waals surface area contributed by atoms with Crippen molar-refractivity contribution in [1.29, 1.82) is 0 Å². The van der Waals surface area contributed by atoms with Gasteiger partial charge in [0.15, 0.2) is 0 Å². The van der Waals surface area contributed by atoms with Crippen LogP contribution in [0.15, 0.2) is 108 Å². The molecule has 0 heterocycles. The van der Waals surface area contributed by atoms with Gasteiger partial charge in [-0.1, -0.05) is 115 Å². The maximum atomic E-state index is 14.7. The molecular formula is C38H42ClN3O4S. The SMILES string of the molecule is Cc1cccc(CN(C(=O)CN(c2ccc(C)c(Cl)c2)S(=O)(=O)c2ccccc2)[C@H](Cc2ccccc2)C(=O)NC2CCCCC2)c1. The number of hydrogen-bond acceptors (Lipinski definition) is 4. The number of carbonyl (C=O) groups excluding carboxylic acids is 2. The van der Waals surface area contributed by atoms with E-state index in [-0.39, 0.29) is 35.5 Å². The minimum Gasteiger partial charge on any atom is -0.352 e. The van der Waals surface area contributed by atoms with Crippen LogP contribution in [-0.2, 0) is 32.6 Å². The Labute approximate surface area is 283 Å². The van der Waals surface area contributed by atoms with E-state index in [1.54, 1.807) is 41.3 Å². The summed E-state index contributed by atoms with van der Waals surface area (Å²) in [4.78, 5) is 30.5. The number of benzene rings is 4. The van der Waals surface area contributed by atoms with Crippen LogP contribution in [-0.4, -0.2) is 43.8 Å². The molecule has 7 nitrogen and oxygen atoms in total. The maximum absolute atomic E-state index is 14.7. The Kier molecular flexibility index (Phi) is 11.4. The van der Waals surface area contributed by atoms with Gasteiger partial charge in [-0.05, 0) is 67.6 Å². The molecule has 0 radical (unpaired) electrons. The Hall–Kier alpha value is -4.14. The molecule has 1 N–H and O–H groups in total. The molecule has 0 spiro atoms. The summed E-state index contributed by atoms with van der Waals surface area (Å²) in [5, 5.41) is 3.63. The molecule has 4 aromatic carbocycles. The molecular weight excluding hydrogens is 630 g/mol. The van der Waals surface area contributed by atoms with E-state index in [1.807, 2.05) is 68.4 Å². The van der Waals surface area contributed by atoms with Gasteiger partial charge in [0.05, 0.1) is 10.6 Å². The first-order chi connectivity index (χ1) is 22.6. The number of hydrogen-bond donors (Lipinski definition) is 1. The molecule has 5 rings (SSSR count). The van der Waals surface area contributed by atoms with Gasteiger partial charge in [-0.15, -0.1) is 0 Å². The Morgan fingerprint density at radius 3 is 2.15 bits per heavy atom. The first-order valence-electron chi connectivity index (χ1n) is 16.1. The summed E-state index contributed by atoms with van der Waals surface area (Å²) in [6.45, 7) is 3.41. The fourth-order valence-corrected chi connectivity index (χ4v) is 7.69. The van der Waals surface area contributed by atoms with Crippen molar-refractivity contribution in [3.8, 4) is 0 Å². The molecule has 47 heavy (non-hydrogen) atoms. The summed E-state index contributed by atoms with van der Waals surface area (Å²) in [5.74, 6) is -0.736. The predicted octanol–water partition coefficient (Wildman–Crippen LogP) is 7.24. The van der Waals surface area contributed by atoms with E-state index >= 15 is 0 Å². The number of sulfonamides is 1. The highest BCUT2D eigenvalue weighted by atomic mass is 35.5. The molecule has 9 heteroatoms. The number of rotatable bonds is 12. The molecule has 1 saturated carbocycles. The molecule has 0 saturated heterocycles. The topological polar surface area (TPSA) is 86.8 Å². The van der Waals surface area contributed by atoms with Crippen LogP contribution in [0.5, 0.6) is 0 Å². The van der Waals surface area contributed by atoms with Gasteiger partial charge in [-0.25, -0.2) is 8.42 Å². The zero-order chi connectivity index (χ0) is 33.4. The van der Waals surface area contributed by atoms with Crippen molar-refractivity contribution in [2.45, 2.75) is 75.9 Å². The minimum atomic E-state index is -4.19. The van der Waals surface area contributed by atoms with Crippen LogP contribution < -0.4 is 9.62 Å². The van der Waals surface area contributed by atoms with Crippen molar-refractivity contribution in [3.63, 3.8) is 0 Å². The van der Waals surface area contributed by atoms with Crippen LogP contribution in [0.25, 0.3) is 0 Å². The summed E-state index contributed by atoms with van der Waals surface area (Å²) >= 11 is 6.48. The highest BCUT2D eigenvalue weighted by molar-refractivity contribution is 7.92. The predicted molar refractivity (Wildman–Crippen MR) is 188 cm³/mol. The maximum Gasteiger partial charge on any atom is 0.264 e. The number of nitrogens with one attached hydrogen (secondary N) is 1. The van der Waals surface area contributed by atoms with Gasteiger partial charge in [-0.3, -0.25) is 13.9 Å². The molecule has 1 fully saturated rings. The number of nitrogens with zero attached hydrogens (tertiary/aromatic N) is 2. The number of aryl methyl sites for hydroxylation is 2. The van der Waals surface area contributed by atoms with Crippen LogP contribution in [0.1, 0.15) is 54.4 Å². The summed E-state index contributed by atoms with van der Waals surface area (Å²) in [6.07, 6.45) is 5.31. The third-order valence-electron chi connectivity index (χ3n) is 8.71. The smallest absolute Gasteiger partial charge is 0.264 e. The van der Waals surface area contributed by atoms with Crippen molar-refractivity contribution in [1.82, 2.24) is 10.2 Å². The lowest BCUT2D eigenvalue weighted by Gasteiger charge is -2.35. The summed E-state index contributed by atoms with van der Waals surface area (Å²) in [7, 11) is -4.19. The molecule has 4 aromatic rings. The zero-order valence-corrected chi connectivity index (χ0v) is 28.5. The van der Waals surface area contributed by atoms with E-state index in [0.717, 1.165) is 58.7 Å². The van der Waals surface area contributed by atoms with Crippen molar-refractivity contribution in [3.05, 3.63) is 130 Å². The molecule has 0 unspecified atom stereocenters. The third kappa shape index (κ3) is 8.82. The number of anilines is 1. The second-order valence-corrected chi connectivity index (χ2v) is 14.6. The lowest BCUT2D eigenvalue weighted by Crippen LogP contribution is -2.55. The lowest BCUT2D eigenvalue weighted by molar-refractivity contribution is -0.140. The number of amides is 2. The van der Waals surface area contributed by atoms with E-state index in [0.29, 0.717) is 5.02 Å². The fourth-order valence-electron chi connectivity index (χ4n) is 6.09. The average molecular weight is 672 g/mol. The van der Waals surface area contributed by atoms with Crippen LogP contribution >= 0.6 is 11.6 Å². The normalized spacial score (nSPS) is 14.3. The highest BCUT2D eigenvalue weighted by Crippen LogP contribution is 2.29. The molecule has 1 aliphatic rings. The second kappa shape index (κ2) is 15.6. The van der Waals surface area contributed by atoms with Crippen LogP contribution in [0.2, 0.25) is 5.02 Å². The van der Waals surface area contributed by atoms with Crippen molar-refractivity contribution < 1.29 is 18.0 Å². The van der Waals surface area contributed by atoms with Crippen LogP contribution in [0, 0.1) is 13.8 Å². The van der Waals surface area contributed by atoms with Crippen molar-refractivity contribution >= 4 is 39.1 Å². The van der Waals surface area contributed by atoms with Gasteiger partial charge in [-0.2, -0.15) is 0 Å². The molecule has 1 atom stereocenters. The van der Waals surface area contributed by atoms with Gasteiger partial charge < -0.3 is 10.2 Å². The summed E-state index contributed by atoms with van der Waals surface area (Å²) in [6, 6.07) is 29.5. The summed E-state index contributed by atoms with van der Waals surface area (Å²) < 4.78 is 29.5. The van der Waals surface area contributed by atoms with Crippen molar-refractivity contribution in [2.75, 3.05) is 10.8 Å². The number of halogens is 1. The second-order valence-electron chi connectivity index (χ2n) is 12.3. The Morgan fingerprint density at radius 2 is 1.49 bits per heavy atom. The Balaban J connectivity index is 1.57. The number of carbonyl (C=O) groups is 2. The van der Waals surface area contributed by atoms with Gasteiger partial charge in [0.25, 0.3) is 10.0 Å². The molecule has 246 valence electrons. The average Bonchev–Trinajstić information content (AvgIpc) is 3.07. The Morgan fingerprint density at radius 1 is 0.830 bits per heavy atom. The molecule has 0 aromatic heterocycles. The van der Waals surface area contributed by atoms with Gasteiger partial charge in [0.2, 0.25) is 11.8 Å². The van der Waals surface area contributed by atoms with Gasteiger partial charge >= 0.3 is 0 Å². The summed E-state index contributed by atoms with van der Waals surface area (Å²) in [5.41, 5.74) is 3.81. The lowest BCUT2D eigenvalue weighted by atomic mass is 9.94. The van der Waals surface area contributed by atoms with Crippen LogP contribution in [0.3, 0.4) is 0 Å². The zero-order valence-electron chi connectivity index (χ0n) is 26.9. The first-order valence-corrected chi connectivity index (χ1v) is 18.0. The van der Waals surface area contributed by atoms with E-state index in [9.17, 15) is 18.0 Å². The Bertz CT molecular complexity index is 1780. The van der Waals surface area contributed by atoms with Gasteiger partial charge in [0.1, 0.15) is 12.6 Å². The minimum absolute atomic E-state index is 0.0371. The molecule has 0 aliphatic heterocycles. The fraction of sp³-hybridized carbons (Fsp3) is 0.316. The quantitative estimate of drug-likeness (QED) is 0.172. The van der Waals surface area contributed by atoms with E-state index in [2.05, 4.69) is 5.32 Å². The first kappa shape index (κ1) is 34.2. The molecule has 1 aliphatic carbocycles. The van der Waals surface area contributed by atoms with Crippen molar-refractivity contribution in [2.24, 2.45) is 0 Å². The standard InChI is InChI=1S/C38H42ClN3O4S/c1-28-13-12-16-31(23-28)26-41(36(24-30-14-6-3-7-15-30)38(44)40-32-17-8-4-9-18-32)37(43)27-42(33-22-21-29(2)35(39)25-33)47(45,46)34-19-10-5-11-20-34/h3,5-7,10-16,19-23,25,32,36H,4,8-9,17-18,24,26-27H2,1-2H3,(H,40,44)/t36-/m1/s1.